The molecular formula is C18H23N3O. The van der Waals surface area contributed by atoms with Gasteiger partial charge in [0.2, 0.25) is 11.7 Å². The molecule has 1 aromatic carbocycles. The molecule has 1 saturated heterocycles. The maximum atomic E-state index is 5.45. The van der Waals surface area contributed by atoms with E-state index in [1.165, 1.54) is 50.8 Å². The molecule has 1 unspecified atom stereocenters. The number of rotatable bonds is 4. The third-order valence-electron chi connectivity index (χ3n) is 5.21. The van der Waals surface area contributed by atoms with Crippen molar-refractivity contribution in [3.63, 3.8) is 0 Å². The van der Waals surface area contributed by atoms with Crippen molar-refractivity contribution in [2.75, 3.05) is 13.1 Å². The Bertz CT molecular complexity index is 641. The fourth-order valence-electron chi connectivity index (χ4n) is 3.45. The van der Waals surface area contributed by atoms with Gasteiger partial charge in [0.15, 0.2) is 0 Å². The fourth-order valence-corrected chi connectivity index (χ4v) is 3.45. The maximum absolute atomic E-state index is 5.45. The molecule has 0 spiro atoms. The van der Waals surface area contributed by atoms with Crippen molar-refractivity contribution in [2.45, 2.75) is 51.0 Å². The molecule has 2 fully saturated rings. The van der Waals surface area contributed by atoms with Crippen LogP contribution in [0.1, 0.15) is 62.4 Å². The van der Waals surface area contributed by atoms with E-state index in [4.69, 9.17) is 4.52 Å². The van der Waals surface area contributed by atoms with E-state index in [1.54, 1.807) is 0 Å². The van der Waals surface area contributed by atoms with Gasteiger partial charge in [-0.25, -0.2) is 0 Å². The third kappa shape index (κ3) is 2.56. The molecule has 2 aromatic rings. The molecule has 2 aliphatic rings. The second-order valence-electron chi connectivity index (χ2n) is 6.63. The van der Waals surface area contributed by atoms with Crippen LogP contribution in [-0.4, -0.2) is 28.1 Å². The van der Waals surface area contributed by atoms with Crippen LogP contribution in [0.25, 0.3) is 11.4 Å². The first-order valence-corrected chi connectivity index (χ1v) is 8.49. The molecule has 4 rings (SSSR count). The van der Waals surface area contributed by atoms with Gasteiger partial charge in [0.05, 0.1) is 0 Å². The van der Waals surface area contributed by atoms with Gasteiger partial charge < -0.3 is 4.52 Å². The molecule has 0 N–H and O–H groups in total. The first kappa shape index (κ1) is 13.9. The van der Waals surface area contributed by atoms with Gasteiger partial charge in [-0.1, -0.05) is 29.8 Å². The lowest BCUT2D eigenvalue weighted by molar-refractivity contribution is 0.263. The van der Waals surface area contributed by atoms with E-state index in [1.807, 2.05) is 0 Å². The summed E-state index contributed by atoms with van der Waals surface area (Å²) < 4.78 is 5.45. The third-order valence-corrected chi connectivity index (χ3v) is 5.21. The highest BCUT2D eigenvalue weighted by Gasteiger charge is 2.26. The molecule has 1 aliphatic carbocycles. The van der Waals surface area contributed by atoms with Crippen LogP contribution in [0.5, 0.6) is 0 Å². The molecule has 1 aliphatic heterocycles. The highest BCUT2D eigenvalue weighted by atomic mass is 16.5. The Morgan fingerprint density at radius 2 is 2.00 bits per heavy atom. The highest BCUT2D eigenvalue weighted by molar-refractivity contribution is 5.55. The van der Waals surface area contributed by atoms with Crippen molar-refractivity contribution < 1.29 is 4.52 Å². The van der Waals surface area contributed by atoms with Crippen LogP contribution in [-0.2, 0) is 0 Å². The number of hydrogen-bond donors (Lipinski definition) is 0. The summed E-state index contributed by atoms with van der Waals surface area (Å²) in [6, 6.07) is 9.07. The van der Waals surface area contributed by atoms with E-state index in [9.17, 15) is 0 Å². The zero-order valence-electron chi connectivity index (χ0n) is 13.2. The molecule has 1 saturated carbocycles. The van der Waals surface area contributed by atoms with Crippen molar-refractivity contribution in [3.8, 4) is 11.4 Å². The van der Waals surface area contributed by atoms with Crippen LogP contribution in [0, 0.1) is 0 Å². The van der Waals surface area contributed by atoms with Crippen LogP contribution < -0.4 is 0 Å². The standard InChI is InChI=1S/C18H23N3O/c1-13(21-10-2-3-11-21)15-8-5-9-16(12-15)17-19-18(22-20-17)14-6-4-7-14/h5,8-9,12-14H,2-4,6-7,10-11H2,1H3. The summed E-state index contributed by atoms with van der Waals surface area (Å²) in [5.41, 5.74) is 2.41. The van der Waals surface area contributed by atoms with Crippen LogP contribution in [0.4, 0.5) is 0 Å². The van der Waals surface area contributed by atoms with Crippen LogP contribution in [0.15, 0.2) is 28.8 Å². The van der Waals surface area contributed by atoms with Crippen LogP contribution in [0.3, 0.4) is 0 Å². The first-order chi connectivity index (χ1) is 10.8. The number of hydrogen-bond acceptors (Lipinski definition) is 4. The lowest BCUT2D eigenvalue weighted by atomic mass is 9.85. The minimum atomic E-state index is 0.459. The largest absolute Gasteiger partial charge is 0.339 e. The monoisotopic (exact) mass is 297 g/mol. The average molecular weight is 297 g/mol. The Morgan fingerprint density at radius 3 is 2.73 bits per heavy atom. The SMILES string of the molecule is CC(c1cccc(-c2noc(C3CCC3)n2)c1)N1CCCC1. The van der Waals surface area contributed by atoms with Crippen molar-refractivity contribution >= 4 is 0 Å². The lowest BCUT2D eigenvalue weighted by Gasteiger charge is -2.24. The van der Waals surface area contributed by atoms with Gasteiger partial charge in [-0.15, -0.1) is 0 Å². The van der Waals surface area contributed by atoms with E-state index in [-0.39, 0.29) is 0 Å². The van der Waals surface area contributed by atoms with E-state index in [2.05, 4.69) is 46.2 Å². The number of aromatic nitrogens is 2. The second-order valence-corrected chi connectivity index (χ2v) is 6.63. The zero-order valence-corrected chi connectivity index (χ0v) is 13.2. The summed E-state index contributed by atoms with van der Waals surface area (Å²) in [5.74, 6) is 2.05. The van der Waals surface area contributed by atoms with E-state index in [0.717, 1.165) is 17.3 Å². The zero-order chi connectivity index (χ0) is 14.9. The van der Waals surface area contributed by atoms with Crippen molar-refractivity contribution in [1.82, 2.24) is 15.0 Å². The Morgan fingerprint density at radius 1 is 1.18 bits per heavy atom. The molecule has 2 heterocycles. The van der Waals surface area contributed by atoms with E-state index < -0.39 is 0 Å². The van der Waals surface area contributed by atoms with E-state index in [0.29, 0.717) is 12.0 Å². The minimum absolute atomic E-state index is 0.459. The van der Waals surface area contributed by atoms with Crippen molar-refractivity contribution in [2.24, 2.45) is 0 Å². The number of likely N-dealkylation sites (tertiary alicyclic amines) is 1. The molecule has 0 amide bonds. The molecular weight excluding hydrogens is 274 g/mol. The van der Waals surface area contributed by atoms with E-state index >= 15 is 0 Å². The van der Waals surface area contributed by atoms with Gasteiger partial charge in [0, 0.05) is 17.5 Å². The second kappa shape index (κ2) is 5.84. The quantitative estimate of drug-likeness (QED) is 0.849. The molecule has 22 heavy (non-hydrogen) atoms. The van der Waals surface area contributed by atoms with Crippen molar-refractivity contribution in [1.29, 1.82) is 0 Å². The highest BCUT2D eigenvalue weighted by Crippen LogP contribution is 2.36. The predicted octanol–water partition coefficient (Wildman–Crippen LogP) is 4.16. The molecule has 0 radical (unpaired) electrons. The average Bonchev–Trinajstić information content (AvgIpc) is 3.16. The topological polar surface area (TPSA) is 42.2 Å². The fraction of sp³-hybridized carbons (Fsp3) is 0.556. The van der Waals surface area contributed by atoms with Crippen molar-refractivity contribution in [3.05, 3.63) is 35.7 Å². The van der Waals surface area contributed by atoms with Gasteiger partial charge in [-0.05, 0) is 57.3 Å². The number of benzene rings is 1. The minimum Gasteiger partial charge on any atom is -0.339 e. The van der Waals surface area contributed by atoms with Gasteiger partial charge >= 0.3 is 0 Å². The lowest BCUT2D eigenvalue weighted by Crippen LogP contribution is -2.23. The van der Waals surface area contributed by atoms with Gasteiger partial charge in [-0.3, -0.25) is 4.90 Å². The van der Waals surface area contributed by atoms with Crippen LogP contribution in [0.2, 0.25) is 0 Å². The van der Waals surface area contributed by atoms with Crippen LogP contribution >= 0.6 is 0 Å². The summed E-state index contributed by atoms with van der Waals surface area (Å²) in [7, 11) is 0. The summed E-state index contributed by atoms with van der Waals surface area (Å²) in [4.78, 5) is 7.16. The summed E-state index contributed by atoms with van der Waals surface area (Å²) in [5, 5.41) is 4.19. The Hall–Kier alpha value is -1.68. The molecule has 116 valence electrons. The van der Waals surface area contributed by atoms with Gasteiger partial charge in [0.25, 0.3) is 0 Å². The Labute approximate surface area is 131 Å². The Balaban J connectivity index is 1.56. The predicted molar refractivity (Wildman–Crippen MR) is 85.5 cm³/mol. The molecule has 1 aromatic heterocycles. The molecule has 0 bridgehead atoms. The Kier molecular flexibility index (Phi) is 3.70. The molecule has 4 heteroatoms. The molecule has 1 atom stereocenters. The summed E-state index contributed by atoms with van der Waals surface area (Å²) in [6.45, 7) is 4.71. The first-order valence-electron chi connectivity index (χ1n) is 8.49. The molecule has 4 nitrogen and oxygen atoms in total. The normalized spacial score (nSPS) is 21.0. The summed E-state index contributed by atoms with van der Waals surface area (Å²) >= 11 is 0. The van der Waals surface area contributed by atoms with Gasteiger partial charge in [0.1, 0.15) is 0 Å². The van der Waals surface area contributed by atoms with Gasteiger partial charge in [-0.2, -0.15) is 4.98 Å². The smallest absolute Gasteiger partial charge is 0.230 e. The number of nitrogens with zero attached hydrogens (tertiary/aromatic N) is 3. The summed E-state index contributed by atoms with van der Waals surface area (Å²) in [6.07, 6.45) is 6.30. The maximum Gasteiger partial charge on any atom is 0.230 e.